The highest BCUT2D eigenvalue weighted by atomic mass is 16.5. The van der Waals surface area contributed by atoms with Crippen LogP contribution >= 0.6 is 0 Å². The summed E-state index contributed by atoms with van der Waals surface area (Å²) in [6, 6.07) is 7.37. The number of nitrogens with zero attached hydrogens (tertiary/aromatic N) is 1. The summed E-state index contributed by atoms with van der Waals surface area (Å²) in [5.74, 6) is 0.0659. The van der Waals surface area contributed by atoms with Crippen molar-refractivity contribution in [1.82, 2.24) is 4.90 Å². The zero-order chi connectivity index (χ0) is 12.7. The number of para-hydroxylation sites is 1. The van der Waals surface area contributed by atoms with E-state index in [0.717, 1.165) is 10.5 Å². The fraction of sp³-hybridized carbons (Fsp3) is 0.231. The Kier molecular flexibility index (Phi) is 2.33. The van der Waals surface area contributed by atoms with E-state index >= 15 is 0 Å². The first kappa shape index (κ1) is 10.8. The van der Waals surface area contributed by atoms with Crippen LogP contribution in [-0.4, -0.2) is 28.6 Å². The molecule has 3 rings (SSSR count). The van der Waals surface area contributed by atoms with Gasteiger partial charge in [-0.15, -0.1) is 0 Å². The highest BCUT2D eigenvalue weighted by molar-refractivity contribution is 5.94. The summed E-state index contributed by atoms with van der Waals surface area (Å²) in [5, 5.41) is 8.94. The van der Waals surface area contributed by atoms with Crippen molar-refractivity contribution in [3.05, 3.63) is 41.6 Å². The van der Waals surface area contributed by atoms with Crippen molar-refractivity contribution in [3.8, 4) is 5.75 Å². The molecule has 1 N–H and O–H groups in total. The van der Waals surface area contributed by atoms with Gasteiger partial charge in [-0.25, -0.2) is 9.59 Å². The molecule has 1 amide bonds. The van der Waals surface area contributed by atoms with E-state index in [9.17, 15) is 9.59 Å². The number of carbonyl (C=O) groups excluding carboxylic acids is 1. The van der Waals surface area contributed by atoms with Gasteiger partial charge in [-0.3, -0.25) is 4.90 Å². The minimum Gasteiger partial charge on any atom is -0.465 e. The van der Waals surface area contributed by atoms with Gasteiger partial charge in [0.15, 0.2) is 0 Å². The van der Waals surface area contributed by atoms with Gasteiger partial charge in [0, 0.05) is 24.2 Å². The molecule has 18 heavy (non-hydrogen) atoms. The number of rotatable bonds is 0. The molecular weight excluding hydrogens is 234 g/mol. The topological polar surface area (TPSA) is 66.8 Å². The van der Waals surface area contributed by atoms with Crippen molar-refractivity contribution in [2.24, 2.45) is 0 Å². The molecule has 0 spiro atoms. The molecule has 5 nitrogen and oxygen atoms in total. The zero-order valence-electron chi connectivity index (χ0n) is 9.50. The van der Waals surface area contributed by atoms with Crippen LogP contribution in [0.15, 0.2) is 36.0 Å². The Morgan fingerprint density at radius 3 is 2.94 bits per heavy atom. The molecule has 1 atom stereocenters. The number of amides is 1. The fourth-order valence-corrected chi connectivity index (χ4v) is 2.44. The van der Waals surface area contributed by atoms with Crippen molar-refractivity contribution in [2.45, 2.75) is 12.3 Å². The standard InChI is InChI=1S/C13H11NO4/c15-12-10-7-14(13(16)17)6-5-8(10)9-3-1-2-4-11(9)18-12/h1-4,7-8H,5-6H2,(H,16,17). The molecule has 2 aliphatic heterocycles. The van der Waals surface area contributed by atoms with Crippen LogP contribution in [0.2, 0.25) is 0 Å². The lowest BCUT2D eigenvalue weighted by Crippen LogP contribution is -2.35. The lowest BCUT2D eigenvalue weighted by atomic mass is 9.84. The first-order valence-corrected chi connectivity index (χ1v) is 5.69. The first-order valence-electron chi connectivity index (χ1n) is 5.69. The van der Waals surface area contributed by atoms with Gasteiger partial charge in [0.1, 0.15) is 5.75 Å². The molecule has 2 aliphatic rings. The maximum atomic E-state index is 11.8. The van der Waals surface area contributed by atoms with Crippen molar-refractivity contribution in [2.75, 3.05) is 6.54 Å². The molecule has 0 aromatic heterocycles. The van der Waals surface area contributed by atoms with Crippen LogP contribution in [0, 0.1) is 0 Å². The van der Waals surface area contributed by atoms with Gasteiger partial charge in [0.05, 0.1) is 5.57 Å². The van der Waals surface area contributed by atoms with Crippen LogP contribution in [0.5, 0.6) is 5.75 Å². The number of esters is 1. The van der Waals surface area contributed by atoms with E-state index in [0.29, 0.717) is 24.3 Å². The summed E-state index contributed by atoms with van der Waals surface area (Å²) < 4.78 is 5.20. The number of hydrogen-bond donors (Lipinski definition) is 1. The van der Waals surface area contributed by atoms with Crippen LogP contribution < -0.4 is 4.74 Å². The molecule has 0 saturated heterocycles. The zero-order valence-corrected chi connectivity index (χ0v) is 9.50. The number of fused-ring (bicyclic) bond motifs is 3. The minimum atomic E-state index is -1.05. The number of carbonyl (C=O) groups is 2. The van der Waals surface area contributed by atoms with Crippen LogP contribution in [0.4, 0.5) is 4.79 Å². The molecule has 1 aromatic carbocycles. The maximum Gasteiger partial charge on any atom is 0.411 e. The maximum absolute atomic E-state index is 11.8. The lowest BCUT2D eigenvalue weighted by molar-refractivity contribution is -0.131. The number of hydrogen-bond acceptors (Lipinski definition) is 3. The van der Waals surface area contributed by atoms with Crippen molar-refractivity contribution in [3.63, 3.8) is 0 Å². The molecule has 0 bridgehead atoms. The van der Waals surface area contributed by atoms with Crippen molar-refractivity contribution >= 4 is 12.1 Å². The smallest absolute Gasteiger partial charge is 0.411 e. The Hall–Kier alpha value is -2.30. The lowest BCUT2D eigenvalue weighted by Gasteiger charge is -2.32. The molecule has 5 heteroatoms. The van der Waals surface area contributed by atoms with Crippen LogP contribution in [0.25, 0.3) is 0 Å². The Labute approximate surface area is 103 Å². The van der Waals surface area contributed by atoms with Crippen molar-refractivity contribution in [1.29, 1.82) is 0 Å². The molecule has 1 unspecified atom stereocenters. The largest absolute Gasteiger partial charge is 0.465 e. The second-order valence-corrected chi connectivity index (χ2v) is 4.33. The van der Waals surface area contributed by atoms with Crippen LogP contribution in [0.3, 0.4) is 0 Å². The molecule has 0 fully saturated rings. The summed E-state index contributed by atoms with van der Waals surface area (Å²) in [6.45, 7) is 0.394. The van der Waals surface area contributed by atoms with Gasteiger partial charge < -0.3 is 9.84 Å². The van der Waals surface area contributed by atoms with Gasteiger partial charge in [-0.05, 0) is 12.5 Å². The van der Waals surface area contributed by atoms with E-state index in [1.807, 2.05) is 18.2 Å². The van der Waals surface area contributed by atoms with Crippen LogP contribution in [0.1, 0.15) is 17.9 Å². The highest BCUT2D eigenvalue weighted by Crippen LogP contribution is 2.41. The summed E-state index contributed by atoms with van der Waals surface area (Å²) in [5.41, 5.74) is 1.37. The predicted molar refractivity (Wildman–Crippen MR) is 62.2 cm³/mol. The predicted octanol–water partition coefficient (Wildman–Crippen LogP) is 1.96. The second-order valence-electron chi connectivity index (χ2n) is 4.33. The Morgan fingerprint density at radius 1 is 1.39 bits per heavy atom. The van der Waals surface area contributed by atoms with E-state index in [1.165, 1.54) is 6.20 Å². The molecular formula is C13H11NO4. The third-order valence-corrected chi connectivity index (χ3v) is 3.31. The molecule has 1 aromatic rings. The minimum absolute atomic E-state index is 0.0574. The van der Waals surface area contributed by atoms with Gasteiger partial charge in [0.25, 0.3) is 0 Å². The number of carboxylic acid groups (broad SMARTS) is 1. The average molecular weight is 245 g/mol. The SMILES string of the molecule is O=C1Oc2ccccc2C2CCN(C(=O)O)C=C12. The number of benzene rings is 1. The normalized spacial score (nSPS) is 21.6. The van der Waals surface area contributed by atoms with E-state index in [4.69, 9.17) is 9.84 Å². The van der Waals surface area contributed by atoms with Gasteiger partial charge in [0.2, 0.25) is 0 Å². The van der Waals surface area contributed by atoms with E-state index in [2.05, 4.69) is 0 Å². The molecule has 0 radical (unpaired) electrons. The van der Waals surface area contributed by atoms with Crippen LogP contribution in [-0.2, 0) is 4.79 Å². The molecule has 92 valence electrons. The summed E-state index contributed by atoms with van der Waals surface area (Å²) in [4.78, 5) is 23.9. The van der Waals surface area contributed by atoms with E-state index in [-0.39, 0.29) is 5.92 Å². The van der Waals surface area contributed by atoms with Gasteiger partial charge >= 0.3 is 12.1 Å². The highest BCUT2D eigenvalue weighted by Gasteiger charge is 2.36. The van der Waals surface area contributed by atoms with E-state index < -0.39 is 12.1 Å². The molecule has 2 heterocycles. The Bertz CT molecular complexity index is 564. The monoisotopic (exact) mass is 245 g/mol. The summed E-state index contributed by atoms with van der Waals surface area (Å²) in [6.07, 6.45) is 0.937. The first-order chi connectivity index (χ1) is 8.66. The quantitative estimate of drug-likeness (QED) is 0.560. The van der Waals surface area contributed by atoms with Gasteiger partial charge in [-0.2, -0.15) is 0 Å². The van der Waals surface area contributed by atoms with Crippen molar-refractivity contribution < 1.29 is 19.4 Å². The molecule has 0 saturated carbocycles. The third kappa shape index (κ3) is 1.55. The fourth-order valence-electron chi connectivity index (χ4n) is 2.44. The van der Waals surface area contributed by atoms with Gasteiger partial charge in [-0.1, -0.05) is 18.2 Å². The summed E-state index contributed by atoms with van der Waals surface area (Å²) >= 11 is 0. The Balaban J connectivity index is 2.06. The average Bonchev–Trinajstić information content (AvgIpc) is 2.38. The molecule has 0 aliphatic carbocycles. The summed E-state index contributed by atoms with van der Waals surface area (Å²) in [7, 11) is 0. The Morgan fingerprint density at radius 2 is 2.17 bits per heavy atom. The number of ether oxygens (including phenoxy) is 1. The van der Waals surface area contributed by atoms with E-state index in [1.54, 1.807) is 6.07 Å². The second kappa shape index (κ2) is 3.87. The third-order valence-electron chi connectivity index (χ3n) is 3.31.